The minimum Gasteiger partial charge on any atom is -0.368 e. The fourth-order valence-corrected chi connectivity index (χ4v) is 1.77. The van der Waals surface area contributed by atoms with E-state index in [2.05, 4.69) is 4.84 Å². The van der Waals surface area contributed by atoms with Gasteiger partial charge in [-0.1, -0.05) is 5.59 Å². The molecule has 0 bridgehead atoms. The van der Waals surface area contributed by atoms with Gasteiger partial charge < -0.3 is 10.6 Å². The molecule has 15 heavy (non-hydrogen) atoms. The van der Waals surface area contributed by atoms with Crippen LogP contribution in [-0.2, 0) is 14.4 Å². The molecular formula is C8H16N4O3. The van der Waals surface area contributed by atoms with Crippen LogP contribution < -0.4 is 17.2 Å². The van der Waals surface area contributed by atoms with Crippen LogP contribution in [0, 0.1) is 0 Å². The summed E-state index contributed by atoms with van der Waals surface area (Å²) in [6.45, 7) is 1.26. The number of likely N-dealkylation sites (tertiary alicyclic amines) is 1. The van der Waals surface area contributed by atoms with Crippen LogP contribution in [0.4, 0.5) is 0 Å². The summed E-state index contributed by atoms with van der Waals surface area (Å²) in [5.74, 6) is 4.02. The Kier molecular flexibility index (Phi) is 4.47. The third-order valence-corrected chi connectivity index (χ3v) is 2.47. The Bertz CT molecular complexity index is 246. The Morgan fingerprint density at radius 1 is 1.53 bits per heavy atom. The average molecular weight is 216 g/mol. The topological polar surface area (TPSA) is 111 Å². The second-order valence-corrected chi connectivity index (χ2v) is 3.44. The molecule has 7 heteroatoms. The van der Waals surface area contributed by atoms with Crippen LogP contribution in [0.2, 0.25) is 0 Å². The van der Waals surface area contributed by atoms with E-state index >= 15 is 0 Å². The van der Waals surface area contributed by atoms with Gasteiger partial charge in [0.15, 0.2) is 0 Å². The molecule has 1 aliphatic heterocycles. The molecule has 86 valence electrons. The minimum atomic E-state index is -0.451. The summed E-state index contributed by atoms with van der Waals surface area (Å²) in [6, 6.07) is -0.247. The number of nitrogens with one attached hydrogen (secondary N) is 1. The monoisotopic (exact) mass is 216 g/mol. The van der Waals surface area contributed by atoms with Gasteiger partial charge in [0, 0.05) is 6.54 Å². The minimum absolute atomic E-state index is 0.188. The first-order valence-electron chi connectivity index (χ1n) is 4.83. The molecule has 1 rings (SSSR count). The molecule has 0 aromatic heterocycles. The highest BCUT2D eigenvalue weighted by molar-refractivity contribution is 5.80. The predicted molar refractivity (Wildman–Crippen MR) is 51.8 cm³/mol. The first kappa shape index (κ1) is 11.9. The van der Waals surface area contributed by atoms with E-state index in [1.807, 2.05) is 10.5 Å². The number of hydrazine groups is 1. The number of rotatable bonds is 5. The molecule has 1 amide bonds. The van der Waals surface area contributed by atoms with Crippen molar-refractivity contribution in [2.75, 3.05) is 13.1 Å². The first-order valence-corrected chi connectivity index (χ1v) is 4.83. The van der Waals surface area contributed by atoms with E-state index in [-0.39, 0.29) is 18.4 Å². The van der Waals surface area contributed by atoms with E-state index in [1.165, 1.54) is 0 Å². The zero-order valence-electron chi connectivity index (χ0n) is 8.44. The molecule has 1 aliphatic rings. The quantitative estimate of drug-likeness (QED) is 0.371. The van der Waals surface area contributed by atoms with Gasteiger partial charge in [0.1, 0.15) is 0 Å². The second kappa shape index (κ2) is 5.64. The summed E-state index contributed by atoms with van der Waals surface area (Å²) in [5.41, 5.74) is 7.04. The predicted octanol–water partition coefficient (Wildman–Crippen LogP) is -1.75. The lowest BCUT2D eigenvalue weighted by molar-refractivity contribution is -0.151. The van der Waals surface area contributed by atoms with Crippen LogP contribution in [0.1, 0.15) is 19.3 Å². The fourth-order valence-electron chi connectivity index (χ4n) is 1.77. The van der Waals surface area contributed by atoms with Crippen molar-refractivity contribution in [2.24, 2.45) is 11.6 Å². The van der Waals surface area contributed by atoms with Gasteiger partial charge >= 0.3 is 5.97 Å². The van der Waals surface area contributed by atoms with Crippen molar-refractivity contribution in [3.8, 4) is 0 Å². The average Bonchev–Trinajstić information content (AvgIpc) is 2.63. The summed E-state index contributed by atoms with van der Waals surface area (Å²) in [4.78, 5) is 28.2. The molecule has 7 nitrogen and oxygen atoms in total. The number of hydrogen-bond donors (Lipinski definition) is 3. The number of nitrogens with zero attached hydrogens (tertiary/aromatic N) is 1. The Morgan fingerprint density at radius 3 is 2.87 bits per heavy atom. The van der Waals surface area contributed by atoms with Gasteiger partial charge in [-0.15, -0.1) is 0 Å². The molecule has 0 aromatic rings. The number of amides is 1. The maximum Gasteiger partial charge on any atom is 0.327 e. The second-order valence-electron chi connectivity index (χ2n) is 3.44. The summed E-state index contributed by atoms with van der Waals surface area (Å²) in [7, 11) is 0. The molecular weight excluding hydrogens is 200 g/mol. The Labute approximate surface area is 87.6 Å². The maximum absolute atomic E-state index is 11.0. The molecule has 1 unspecified atom stereocenters. The van der Waals surface area contributed by atoms with Crippen LogP contribution >= 0.6 is 0 Å². The van der Waals surface area contributed by atoms with Crippen LogP contribution in [-0.4, -0.2) is 35.9 Å². The van der Waals surface area contributed by atoms with Crippen molar-refractivity contribution in [1.82, 2.24) is 10.5 Å². The van der Waals surface area contributed by atoms with E-state index in [0.717, 1.165) is 19.4 Å². The highest BCUT2D eigenvalue weighted by Gasteiger charge is 2.28. The van der Waals surface area contributed by atoms with E-state index in [9.17, 15) is 9.59 Å². The van der Waals surface area contributed by atoms with Crippen molar-refractivity contribution in [3.63, 3.8) is 0 Å². The van der Waals surface area contributed by atoms with Crippen LogP contribution in [0.15, 0.2) is 0 Å². The van der Waals surface area contributed by atoms with Gasteiger partial charge in [0.2, 0.25) is 5.91 Å². The van der Waals surface area contributed by atoms with Gasteiger partial charge in [-0.3, -0.25) is 14.5 Å². The van der Waals surface area contributed by atoms with Crippen LogP contribution in [0.5, 0.6) is 0 Å². The molecule has 0 saturated carbocycles. The Balaban J connectivity index is 2.31. The molecule has 0 radical (unpaired) electrons. The number of carbonyl (C=O) groups is 2. The number of nitrogens with two attached hydrogens (primary N) is 2. The third kappa shape index (κ3) is 3.46. The van der Waals surface area contributed by atoms with E-state index in [1.54, 1.807) is 0 Å². The van der Waals surface area contributed by atoms with Crippen LogP contribution in [0.3, 0.4) is 0 Å². The summed E-state index contributed by atoms with van der Waals surface area (Å²) < 4.78 is 0. The van der Waals surface area contributed by atoms with E-state index in [4.69, 9.17) is 11.6 Å². The zero-order valence-corrected chi connectivity index (χ0v) is 8.44. The van der Waals surface area contributed by atoms with Crippen molar-refractivity contribution in [1.29, 1.82) is 0 Å². The van der Waals surface area contributed by atoms with Gasteiger partial charge in [-0.05, 0) is 19.4 Å². The summed E-state index contributed by atoms with van der Waals surface area (Å²) in [6.07, 6.45) is 1.88. The Hall–Kier alpha value is -1.18. The lowest BCUT2D eigenvalue weighted by Gasteiger charge is -2.20. The lowest BCUT2D eigenvalue weighted by Crippen LogP contribution is -2.41. The molecule has 0 aromatic carbocycles. The molecule has 0 spiro atoms. The fraction of sp³-hybridized carbons (Fsp3) is 0.750. The number of carbonyl (C=O) groups excluding carboxylic acids is 2. The van der Waals surface area contributed by atoms with E-state index in [0.29, 0.717) is 6.54 Å². The lowest BCUT2D eigenvalue weighted by atomic mass is 10.2. The molecule has 1 saturated heterocycles. The van der Waals surface area contributed by atoms with E-state index < -0.39 is 5.97 Å². The Morgan fingerprint density at radius 2 is 2.27 bits per heavy atom. The summed E-state index contributed by atoms with van der Waals surface area (Å²) in [5, 5.41) is 0. The highest BCUT2D eigenvalue weighted by atomic mass is 16.7. The zero-order chi connectivity index (χ0) is 11.3. The van der Waals surface area contributed by atoms with Gasteiger partial charge in [0.25, 0.3) is 0 Å². The standard InChI is InChI=1S/C8H16N4O3/c9-8(14)6-2-1-4-12(6)5-3-7(13)15-11-10/h6,11H,1-5,10H2,(H2,9,14). The highest BCUT2D eigenvalue weighted by Crippen LogP contribution is 2.16. The van der Waals surface area contributed by atoms with Crippen molar-refractivity contribution in [3.05, 3.63) is 0 Å². The third-order valence-electron chi connectivity index (χ3n) is 2.47. The SMILES string of the molecule is NNOC(=O)CCN1CCCC1C(N)=O. The normalized spacial score (nSPS) is 21.5. The maximum atomic E-state index is 11.0. The van der Waals surface area contributed by atoms with Crippen molar-refractivity contribution < 1.29 is 14.4 Å². The smallest absolute Gasteiger partial charge is 0.327 e. The van der Waals surface area contributed by atoms with Crippen molar-refractivity contribution >= 4 is 11.9 Å². The molecule has 0 aliphatic carbocycles. The number of hydrogen-bond acceptors (Lipinski definition) is 6. The van der Waals surface area contributed by atoms with Gasteiger partial charge in [-0.2, -0.15) is 0 Å². The number of primary amides is 1. The molecule has 1 atom stereocenters. The summed E-state index contributed by atoms with van der Waals surface area (Å²) >= 11 is 0. The van der Waals surface area contributed by atoms with Crippen LogP contribution in [0.25, 0.3) is 0 Å². The molecule has 5 N–H and O–H groups in total. The van der Waals surface area contributed by atoms with Gasteiger partial charge in [0.05, 0.1) is 12.5 Å². The molecule has 1 heterocycles. The first-order chi connectivity index (χ1) is 7.15. The van der Waals surface area contributed by atoms with Crippen molar-refractivity contribution in [2.45, 2.75) is 25.3 Å². The molecule has 1 fully saturated rings. The van der Waals surface area contributed by atoms with Gasteiger partial charge in [-0.25, -0.2) is 5.84 Å². The largest absolute Gasteiger partial charge is 0.368 e.